The Morgan fingerprint density at radius 1 is 0.940 bits per heavy atom. The van der Waals surface area contributed by atoms with E-state index in [0.29, 0.717) is 41.2 Å². The van der Waals surface area contributed by atoms with Gasteiger partial charge >= 0.3 is 16.1 Å². The minimum atomic E-state index is -4.05. The van der Waals surface area contributed by atoms with Gasteiger partial charge in [-0.3, -0.25) is 9.69 Å². The molecule has 1 unspecified atom stereocenters. The number of amides is 3. The Morgan fingerprint density at radius 2 is 1.60 bits per heavy atom. The number of ether oxygens (including phenoxy) is 2. The molecule has 1 heterocycles. The van der Waals surface area contributed by atoms with Gasteiger partial charge in [-0.2, -0.15) is 8.42 Å². The molecule has 12 nitrogen and oxygen atoms in total. The van der Waals surface area contributed by atoms with Crippen LogP contribution in [0.25, 0.3) is 0 Å². The molecule has 50 heavy (non-hydrogen) atoms. The van der Waals surface area contributed by atoms with Crippen LogP contribution >= 0.6 is 0 Å². The number of rotatable bonds is 12. The van der Waals surface area contributed by atoms with Gasteiger partial charge in [0.05, 0.1) is 39.9 Å². The number of benzene rings is 4. The highest BCUT2D eigenvalue weighted by Crippen LogP contribution is 2.31. The lowest BCUT2D eigenvalue weighted by Gasteiger charge is -2.44. The van der Waals surface area contributed by atoms with Crippen molar-refractivity contribution in [1.82, 2.24) is 4.90 Å². The van der Waals surface area contributed by atoms with Gasteiger partial charge in [0.15, 0.2) is 11.5 Å². The van der Waals surface area contributed by atoms with Gasteiger partial charge < -0.3 is 34.3 Å². The zero-order chi connectivity index (χ0) is 35.9. The molecule has 1 aliphatic rings. The first-order chi connectivity index (χ1) is 23.9. The summed E-state index contributed by atoms with van der Waals surface area (Å²) >= 11 is 0. The van der Waals surface area contributed by atoms with E-state index in [1.165, 1.54) is 53.4 Å². The largest absolute Gasteiger partial charge is 0.508 e. The fraction of sp³-hybridized carbons (Fsp3) is 0.297. The van der Waals surface area contributed by atoms with E-state index in [9.17, 15) is 23.1 Å². The molecule has 3 amide bonds. The first-order valence-corrected chi connectivity index (χ1v) is 17.6. The molecule has 4 aromatic rings. The van der Waals surface area contributed by atoms with Crippen molar-refractivity contribution >= 4 is 27.7 Å². The van der Waals surface area contributed by atoms with Crippen molar-refractivity contribution in [3.8, 4) is 23.0 Å². The third kappa shape index (κ3) is 8.91. The van der Waals surface area contributed by atoms with Crippen molar-refractivity contribution in [2.45, 2.75) is 42.8 Å². The number of imide groups is 1. The maximum atomic E-state index is 14.1. The number of likely N-dealkylation sites (tertiary alicyclic amines) is 1. The van der Waals surface area contributed by atoms with Crippen LogP contribution in [-0.4, -0.2) is 81.3 Å². The number of nitrogens with zero attached hydrogens (tertiary/aromatic N) is 2. The number of phenolic OH excluding ortho intramolecular Hbond substituents is 1. The number of phenols is 1. The molecule has 4 N–H and O–H groups in total. The van der Waals surface area contributed by atoms with Crippen LogP contribution in [0.1, 0.15) is 24.0 Å². The van der Waals surface area contributed by atoms with Crippen molar-refractivity contribution < 1.29 is 41.3 Å². The summed E-state index contributed by atoms with van der Waals surface area (Å²) in [4.78, 5) is 29.3. The number of nitrogens with one attached hydrogen (secondary N) is 1. The molecular formula is C37H43N4O8S+. The fourth-order valence-electron chi connectivity index (χ4n) is 6.31. The van der Waals surface area contributed by atoms with Gasteiger partial charge in [-0.15, -0.1) is 0 Å². The first-order valence-electron chi connectivity index (χ1n) is 16.2. The summed E-state index contributed by atoms with van der Waals surface area (Å²) in [6, 6.07) is 23.7. The molecule has 1 saturated heterocycles. The van der Waals surface area contributed by atoms with Gasteiger partial charge in [-0.05, 0) is 91.6 Å². The molecule has 0 aliphatic carbocycles. The number of urea groups is 1. The lowest BCUT2D eigenvalue weighted by atomic mass is 9.98. The summed E-state index contributed by atoms with van der Waals surface area (Å²) in [7, 11) is 1.22. The highest BCUT2D eigenvalue weighted by atomic mass is 32.2. The lowest BCUT2D eigenvalue weighted by Crippen LogP contribution is -2.62. The minimum absolute atomic E-state index is 0.0131. The molecule has 1 aliphatic heterocycles. The van der Waals surface area contributed by atoms with Crippen molar-refractivity contribution in [2.75, 3.05) is 39.7 Å². The Kier molecular flexibility index (Phi) is 11.3. The first kappa shape index (κ1) is 36.2. The number of hydrogen-bond acceptors (Lipinski definition) is 9. The molecule has 0 spiro atoms. The molecule has 0 radical (unpaired) electrons. The van der Waals surface area contributed by atoms with E-state index in [4.69, 9.17) is 19.4 Å². The predicted molar refractivity (Wildman–Crippen MR) is 189 cm³/mol. The number of carbonyl (C=O) groups is 2. The number of methoxy groups -OCH3 is 2. The third-order valence-electron chi connectivity index (χ3n) is 8.77. The van der Waals surface area contributed by atoms with Crippen LogP contribution in [0.4, 0.5) is 10.5 Å². The smallest absolute Gasteiger partial charge is 0.339 e. The van der Waals surface area contributed by atoms with Crippen LogP contribution in [-0.2, 0) is 27.9 Å². The maximum Gasteiger partial charge on any atom is 0.339 e. The van der Waals surface area contributed by atoms with E-state index in [0.717, 1.165) is 24.1 Å². The number of aromatic hydroxyl groups is 1. The molecule has 3 atom stereocenters. The Bertz CT molecular complexity index is 1890. The summed E-state index contributed by atoms with van der Waals surface area (Å²) in [6.45, 7) is 1.96. The highest BCUT2D eigenvalue weighted by Gasteiger charge is 2.41. The number of piperidine rings is 1. The molecule has 0 saturated carbocycles. The molecule has 5 rings (SSSR count). The van der Waals surface area contributed by atoms with Crippen LogP contribution in [0.3, 0.4) is 0 Å². The number of hydrogen-bond donors (Lipinski definition) is 3. The summed E-state index contributed by atoms with van der Waals surface area (Å²) in [6.07, 6.45) is 1.52. The monoisotopic (exact) mass is 703 g/mol. The topological polar surface area (TPSA) is 157 Å². The number of likely N-dealkylation sites (N-methyl/N-ethyl adjacent to an activating group) is 1. The van der Waals surface area contributed by atoms with Crippen molar-refractivity contribution in [1.29, 1.82) is 0 Å². The van der Waals surface area contributed by atoms with Gasteiger partial charge in [-0.25, -0.2) is 4.79 Å². The van der Waals surface area contributed by atoms with Crippen molar-refractivity contribution in [3.05, 3.63) is 108 Å². The maximum absolute atomic E-state index is 14.1. The number of quaternary nitrogens is 1. The van der Waals surface area contributed by atoms with Crippen LogP contribution in [0, 0.1) is 0 Å². The van der Waals surface area contributed by atoms with Crippen molar-refractivity contribution in [2.24, 2.45) is 5.73 Å². The Balaban J connectivity index is 1.36. The highest BCUT2D eigenvalue weighted by molar-refractivity contribution is 7.87. The summed E-state index contributed by atoms with van der Waals surface area (Å²) in [5.41, 5.74) is 8.56. The van der Waals surface area contributed by atoms with E-state index in [2.05, 4.69) is 12.4 Å². The van der Waals surface area contributed by atoms with E-state index in [1.54, 1.807) is 44.6 Å². The molecule has 264 valence electrons. The average molecular weight is 704 g/mol. The zero-order valence-electron chi connectivity index (χ0n) is 28.3. The van der Waals surface area contributed by atoms with Crippen LogP contribution in [0.2, 0.25) is 0 Å². The second kappa shape index (κ2) is 15.6. The van der Waals surface area contributed by atoms with Crippen molar-refractivity contribution in [3.63, 3.8) is 0 Å². The number of carbonyl (C=O) groups excluding carboxylic acids is 2. The molecule has 0 bridgehead atoms. The van der Waals surface area contributed by atoms with Gasteiger partial charge in [-0.1, -0.05) is 30.3 Å². The van der Waals surface area contributed by atoms with Gasteiger partial charge in [0.1, 0.15) is 29.5 Å². The Hall–Kier alpha value is -5.11. The normalized spacial score (nSPS) is 18.0. The predicted octanol–water partition coefficient (Wildman–Crippen LogP) is 4.92. The quantitative estimate of drug-likeness (QED) is 0.138. The Morgan fingerprint density at radius 3 is 2.26 bits per heavy atom. The third-order valence-corrected chi connectivity index (χ3v) is 10.0. The lowest BCUT2D eigenvalue weighted by molar-refractivity contribution is -0.928. The van der Waals surface area contributed by atoms with Crippen LogP contribution < -0.4 is 24.7 Å². The summed E-state index contributed by atoms with van der Waals surface area (Å²) < 4.78 is 42.1. The van der Waals surface area contributed by atoms with Crippen LogP contribution in [0.15, 0.2) is 102 Å². The van der Waals surface area contributed by atoms with E-state index < -0.39 is 34.1 Å². The summed E-state index contributed by atoms with van der Waals surface area (Å²) in [5, 5.41) is 12.5. The molecule has 13 heteroatoms. The molecule has 4 aromatic carbocycles. The second-order valence-corrected chi connectivity index (χ2v) is 14.2. The number of anilines is 1. The van der Waals surface area contributed by atoms with E-state index in [-0.39, 0.29) is 22.8 Å². The summed E-state index contributed by atoms with van der Waals surface area (Å²) in [5.74, 6) is 0.872. The van der Waals surface area contributed by atoms with Gasteiger partial charge in [0, 0.05) is 11.3 Å². The SMILES string of the molecule is COc1ccc(C[N+]2(C)CCC[C@H](N(C(=O)Nc3ccc(OS(=O)(=O)c4ccccc4)cc3)C(=O)[C@@H](N)Cc3ccc(O)cc3)C2)cc1OC. The van der Waals surface area contributed by atoms with E-state index >= 15 is 0 Å². The number of nitrogens with two attached hydrogens (primary N) is 1. The molecule has 0 aromatic heterocycles. The zero-order valence-corrected chi connectivity index (χ0v) is 29.1. The average Bonchev–Trinajstić information content (AvgIpc) is 3.10. The molecular weight excluding hydrogens is 660 g/mol. The minimum Gasteiger partial charge on any atom is -0.508 e. The standard InChI is InChI=1S/C37H42N4O8S/c1-41(24-27-13-20-34(47-2)35(23-27)48-3)21-7-8-29(25-41)40(36(43)33(38)22-26-11-16-30(42)17-12-26)37(44)39-28-14-18-31(19-15-28)49-50(45,46)32-9-5-4-6-10-32/h4-6,9-20,23,29,33H,7-8,21-22,24-25,38H2,1-3H3,(H-,39,42,44)/p+1/t29-,33-,41?/m0/s1. The van der Waals surface area contributed by atoms with Gasteiger partial charge in [0.25, 0.3) is 0 Å². The van der Waals surface area contributed by atoms with Gasteiger partial charge in [0.2, 0.25) is 5.91 Å². The van der Waals surface area contributed by atoms with E-state index in [1.807, 2.05) is 18.2 Å². The van der Waals surface area contributed by atoms with Crippen LogP contribution in [0.5, 0.6) is 23.0 Å². The Labute approximate surface area is 292 Å². The molecule has 1 fully saturated rings. The second-order valence-electron chi connectivity index (χ2n) is 12.7. The fourth-order valence-corrected chi connectivity index (χ4v) is 7.26.